The Kier molecular flexibility index (Phi) is 9.22. The monoisotopic (exact) mass is 416 g/mol. The van der Waals surface area contributed by atoms with E-state index >= 15 is 0 Å². The first-order chi connectivity index (χ1) is 13.0. The lowest BCUT2D eigenvalue weighted by Gasteiger charge is -2.29. The van der Waals surface area contributed by atoms with Crippen LogP contribution in [0.4, 0.5) is 0 Å². The van der Waals surface area contributed by atoms with Gasteiger partial charge in [0.25, 0.3) is 0 Å². The summed E-state index contributed by atoms with van der Waals surface area (Å²) in [6.45, 7) is 7.47. The number of amides is 3. The van der Waals surface area contributed by atoms with E-state index in [4.69, 9.17) is 5.73 Å². The third-order valence-corrected chi connectivity index (χ3v) is 5.25. The summed E-state index contributed by atoms with van der Waals surface area (Å²) in [5.41, 5.74) is 5.84. The number of likely N-dealkylation sites (tertiary alicyclic amines) is 1. The van der Waals surface area contributed by atoms with E-state index in [2.05, 4.69) is 23.3 Å². The minimum Gasteiger partial charge on any atom is -0.480 e. The molecule has 1 aliphatic rings. The Labute approximate surface area is 171 Å². The molecule has 1 saturated heterocycles. The summed E-state index contributed by atoms with van der Waals surface area (Å²) in [6.07, 6.45) is 0.972. The lowest BCUT2D eigenvalue weighted by molar-refractivity contribution is -0.149. The minimum atomic E-state index is -1.06. The average molecular weight is 417 g/mol. The number of carbonyl (C=O) groups excluding carboxylic acids is 3. The molecule has 0 aromatic rings. The molecule has 0 aliphatic carbocycles. The van der Waals surface area contributed by atoms with Crippen LogP contribution in [0.5, 0.6) is 0 Å². The minimum absolute atomic E-state index is 0.0116. The molecule has 0 aromatic heterocycles. The molecule has 5 N–H and O–H groups in total. The quantitative estimate of drug-likeness (QED) is 0.324. The summed E-state index contributed by atoms with van der Waals surface area (Å²) in [7, 11) is 0. The van der Waals surface area contributed by atoms with Crippen molar-refractivity contribution in [2.45, 2.75) is 64.7 Å². The number of hydrogen-bond acceptors (Lipinski definition) is 6. The molecule has 0 bridgehead atoms. The number of nitrogens with two attached hydrogens (primary N) is 1. The number of nitrogens with one attached hydrogen (secondary N) is 2. The van der Waals surface area contributed by atoms with Gasteiger partial charge in [-0.2, -0.15) is 12.6 Å². The zero-order valence-electron chi connectivity index (χ0n) is 16.8. The first-order valence-electron chi connectivity index (χ1n) is 9.51. The van der Waals surface area contributed by atoms with Gasteiger partial charge in [0.2, 0.25) is 17.7 Å². The van der Waals surface area contributed by atoms with Crippen LogP contribution in [0, 0.1) is 11.8 Å². The summed E-state index contributed by atoms with van der Waals surface area (Å²) >= 11 is 4.14. The van der Waals surface area contributed by atoms with Gasteiger partial charge in [0.15, 0.2) is 0 Å². The van der Waals surface area contributed by atoms with Crippen LogP contribution in [0.25, 0.3) is 0 Å². The molecular weight excluding hydrogens is 384 g/mol. The van der Waals surface area contributed by atoms with Crippen molar-refractivity contribution in [2.24, 2.45) is 17.6 Å². The highest BCUT2D eigenvalue weighted by atomic mass is 32.1. The smallest absolute Gasteiger partial charge is 0.326 e. The standard InChI is InChI=1S/C18H32N4O5S/c1-9(2)13(19)15(23)21-14(10(3)4)16(24)20-11(8-28)17(25)22-7-5-6-12(22)18(26)27/h9-14,28H,5-8,19H2,1-4H3,(H,20,24)(H,21,23)(H,26,27). The van der Waals surface area contributed by atoms with Crippen LogP contribution in [0.3, 0.4) is 0 Å². The number of rotatable bonds is 9. The molecule has 10 heteroatoms. The summed E-state index contributed by atoms with van der Waals surface area (Å²) in [4.78, 5) is 50.3. The predicted molar refractivity (Wildman–Crippen MR) is 108 cm³/mol. The Morgan fingerprint density at radius 1 is 1.11 bits per heavy atom. The third-order valence-electron chi connectivity index (χ3n) is 4.89. The van der Waals surface area contributed by atoms with Crippen LogP contribution >= 0.6 is 12.6 Å². The maximum atomic E-state index is 12.7. The van der Waals surface area contributed by atoms with Crippen molar-refractivity contribution in [3.8, 4) is 0 Å². The Hall–Kier alpha value is -1.81. The number of carboxylic acid groups (broad SMARTS) is 1. The molecule has 160 valence electrons. The van der Waals surface area contributed by atoms with Gasteiger partial charge in [-0.25, -0.2) is 4.79 Å². The fraction of sp³-hybridized carbons (Fsp3) is 0.778. The zero-order valence-corrected chi connectivity index (χ0v) is 17.7. The van der Waals surface area contributed by atoms with E-state index in [0.29, 0.717) is 19.4 Å². The fourth-order valence-electron chi connectivity index (χ4n) is 3.02. The third kappa shape index (κ3) is 6.10. The second-order valence-corrected chi connectivity index (χ2v) is 8.14. The summed E-state index contributed by atoms with van der Waals surface area (Å²) in [5, 5.41) is 14.5. The van der Waals surface area contributed by atoms with Crippen LogP contribution in [-0.2, 0) is 19.2 Å². The van der Waals surface area contributed by atoms with Crippen molar-refractivity contribution in [1.82, 2.24) is 15.5 Å². The van der Waals surface area contributed by atoms with E-state index in [1.807, 2.05) is 0 Å². The van der Waals surface area contributed by atoms with Crippen LogP contribution in [0.15, 0.2) is 0 Å². The van der Waals surface area contributed by atoms with E-state index in [1.54, 1.807) is 27.7 Å². The molecular formula is C18H32N4O5S. The van der Waals surface area contributed by atoms with Gasteiger partial charge >= 0.3 is 5.97 Å². The maximum absolute atomic E-state index is 12.7. The second kappa shape index (κ2) is 10.7. The topological polar surface area (TPSA) is 142 Å². The largest absolute Gasteiger partial charge is 0.480 e. The first kappa shape index (κ1) is 24.2. The summed E-state index contributed by atoms with van der Waals surface area (Å²) in [6, 6.07) is -3.50. The van der Waals surface area contributed by atoms with Crippen molar-refractivity contribution in [2.75, 3.05) is 12.3 Å². The number of hydrogen-bond donors (Lipinski definition) is 5. The lowest BCUT2D eigenvalue weighted by Crippen LogP contribution is -2.59. The van der Waals surface area contributed by atoms with Crippen LogP contribution in [-0.4, -0.2) is 70.2 Å². The average Bonchev–Trinajstić information content (AvgIpc) is 3.12. The number of carbonyl (C=O) groups is 4. The normalized spacial score (nSPS) is 20.0. The lowest BCUT2D eigenvalue weighted by atomic mass is 10.00. The maximum Gasteiger partial charge on any atom is 0.326 e. The van der Waals surface area contributed by atoms with Crippen molar-refractivity contribution < 1.29 is 24.3 Å². The number of aliphatic carboxylic acids is 1. The molecule has 0 saturated carbocycles. The van der Waals surface area contributed by atoms with E-state index < -0.39 is 47.9 Å². The Morgan fingerprint density at radius 2 is 1.71 bits per heavy atom. The van der Waals surface area contributed by atoms with Crippen LogP contribution < -0.4 is 16.4 Å². The van der Waals surface area contributed by atoms with Crippen molar-refractivity contribution in [1.29, 1.82) is 0 Å². The molecule has 0 aromatic carbocycles. The van der Waals surface area contributed by atoms with Gasteiger partial charge in [0.1, 0.15) is 18.1 Å². The molecule has 4 atom stereocenters. The first-order valence-corrected chi connectivity index (χ1v) is 10.1. The SMILES string of the molecule is CC(C)C(N)C(=O)NC(C(=O)NC(CS)C(=O)N1CCCC1C(=O)O)C(C)C. The molecule has 1 aliphatic heterocycles. The zero-order chi connectivity index (χ0) is 21.6. The van der Waals surface area contributed by atoms with Crippen molar-refractivity contribution >= 4 is 36.3 Å². The summed E-state index contributed by atoms with van der Waals surface area (Å²) in [5.74, 6) is -2.84. The molecule has 1 heterocycles. The van der Waals surface area contributed by atoms with Gasteiger partial charge < -0.3 is 26.4 Å². The van der Waals surface area contributed by atoms with Crippen molar-refractivity contribution in [3.05, 3.63) is 0 Å². The number of thiol groups is 1. The second-order valence-electron chi connectivity index (χ2n) is 7.77. The molecule has 3 amide bonds. The van der Waals surface area contributed by atoms with Gasteiger partial charge in [-0.3, -0.25) is 14.4 Å². The van der Waals surface area contributed by atoms with Crippen LogP contribution in [0.2, 0.25) is 0 Å². The van der Waals surface area contributed by atoms with Gasteiger partial charge in [-0.15, -0.1) is 0 Å². The molecule has 28 heavy (non-hydrogen) atoms. The molecule has 9 nitrogen and oxygen atoms in total. The van der Waals surface area contributed by atoms with Gasteiger partial charge in [-0.05, 0) is 24.7 Å². The highest BCUT2D eigenvalue weighted by Gasteiger charge is 2.38. The molecule has 0 radical (unpaired) electrons. The number of nitrogens with zero attached hydrogens (tertiary/aromatic N) is 1. The molecule has 4 unspecified atom stereocenters. The molecule has 0 spiro atoms. The Balaban J connectivity index is 2.85. The van der Waals surface area contributed by atoms with E-state index in [9.17, 15) is 24.3 Å². The van der Waals surface area contributed by atoms with Crippen molar-refractivity contribution in [3.63, 3.8) is 0 Å². The fourth-order valence-corrected chi connectivity index (χ4v) is 3.27. The van der Waals surface area contributed by atoms with Gasteiger partial charge in [0.05, 0.1) is 6.04 Å². The molecule has 1 fully saturated rings. The summed E-state index contributed by atoms with van der Waals surface area (Å²) < 4.78 is 0. The predicted octanol–water partition coefficient (Wildman–Crippen LogP) is -0.399. The van der Waals surface area contributed by atoms with E-state index in [0.717, 1.165) is 0 Å². The molecule has 1 rings (SSSR count). The van der Waals surface area contributed by atoms with Crippen LogP contribution in [0.1, 0.15) is 40.5 Å². The Bertz CT molecular complexity index is 599. The highest BCUT2D eigenvalue weighted by Crippen LogP contribution is 2.19. The number of carboxylic acids is 1. The van der Waals surface area contributed by atoms with E-state index in [1.165, 1.54) is 4.90 Å². The Morgan fingerprint density at radius 3 is 2.18 bits per heavy atom. The van der Waals surface area contributed by atoms with Gasteiger partial charge in [-0.1, -0.05) is 27.7 Å². The highest BCUT2D eigenvalue weighted by molar-refractivity contribution is 7.80. The van der Waals surface area contributed by atoms with Gasteiger partial charge in [0, 0.05) is 12.3 Å². The van der Waals surface area contributed by atoms with E-state index in [-0.39, 0.29) is 17.6 Å².